The van der Waals surface area contributed by atoms with Gasteiger partial charge in [-0.2, -0.15) is 0 Å². The van der Waals surface area contributed by atoms with Crippen molar-refractivity contribution in [3.05, 3.63) is 35.4 Å². The molecule has 3 fully saturated rings. The van der Waals surface area contributed by atoms with Gasteiger partial charge in [-0.3, -0.25) is 19.3 Å². The smallest absolute Gasteiger partial charge is 0.325 e. The summed E-state index contributed by atoms with van der Waals surface area (Å²) in [7, 11) is 0. The Balaban J connectivity index is 1.40. The maximum Gasteiger partial charge on any atom is 0.325 e. The fourth-order valence-corrected chi connectivity index (χ4v) is 5.06. The van der Waals surface area contributed by atoms with Crippen LogP contribution in [0, 0.1) is 6.92 Å². The number of nitrogens with one attached hydrogen (secondary N) is 1. The van der Waals surface area contributed by atoms with Gasteiger partial charge in [0.25, 0.3) is 5.91 Å². The van der Waals surface area contributed by atoms with Crippen molar-refractivity contribution < 1.29 is 19.2 Å². The molecule has 3 heterocycles. The first-order valence-corrected chi connectivity index (χ1v) is 11.6. The average molecular weight is 441 g/mol. The van der Waals surface area contributed by atoms with Crippen LogP contribution in [0.1, 0.15) is 50.2 Å². The summed E-state index contributed by atoms with van der Waals surface area (Å²) in [6.07, 6.45) is 3.08. The molecule has 0 aliphatic carbocycles. The number of hydrogen-bond donors (Lipinski definition) is 1. The topological polar surface area (TPSA) is 90.0 Å². The number of imide groups is 1. The van der Waals surface area contributed by atoms with E-state index in [1.54, 1.807) is 9.80 Å². The lowest BCUT2D eigenvalue weighted by Gasteiger charge is -2.39. The van der Waals surface area contributed by atoms with Gasteiger partial charge >= 0.3 is 6.03 Å². The molecule has 8 heteroatoms. The molecule has 1 N–H and O–H groups in total. The summed E-state index contributed by atoms with van der Waals surface area (Å²) < 4.78 is 0. The minimum absolute atomic E-state index is 0.0201. The van der Waals surface area contributed by atoms with Gasteiger partial charge in [0, 0.05) is 32.6 Å². The molecule has 0 bridgehead atoms. The number of nitrogens with zero attached hydrogens (tertiary/aromatic N) is 3. The molecule has 1 aromatic rings. The number of carbonyl (C=O) groups excluding carboxylic acids is 4. The van der Waals surface area contributed by atoms with Gasteiger partial charge in [-0.1, -0.05) is 36.8 Å². The highest BCUT2D eigenvalue weighted by molar-refractivity contribution is 6.07. The number of benzene rings is 1. The van der Waals surface area contributed by atoms with E-state index in [9.17, 15) is 19.2 Å². The number of piperidine rings is 2. The van der Waals surface area contributed by atoms with Crippen LogP contribution in [0.4, 0.5) is 4.79 Å². The number of likely N-dealkylation sites (tertiary alicyclic amines) is 2. The van der Waals surface area contributed by atoms with Crippen molar-refractivity contribution in [3.63, 3.8) is 0 Å². The third-order valence-corrected chi connectivity index (χ3v) is 7.06. The zero-order chi connectivity index (χ0) is 22.9. The maximum atomic E-state index is 13.4. The van der Waals surface area contributed by atoms with E-state index in [4.69, 9.17) is 0 Å². The first-order valence-electron chi connectivity index (χ1n) is 11.6. The van der Waals surface area contributed by atoms with Gasteiger partial charge < -0.3 is 15.1 Å². The lowest BCUT2D eigenvalue weighted by Crippen LogP contribution is -2.57. The number of hydrogen-bond acceptors (Lipinski definition) is 4. The molecule has 3 aliphatic rings. The van der Waals surface area contributed by atoms with Crippen molar-refractivity contribution in [2.75, 3.05) is 26.2 Å². The summed E-state index contributed by atoms with van der Waals surface area (Å²) in [5.41, 5.74) is 1.19. The van der Waals surface area contributed by atoms with Crippen molar-refractivity contribution in [1.82, 2.24) is 20.0 Å². The van der Waals surface area contributed by atoms with Gasteiger partial charge in [0.2, 0.25) is 11.8 Å². The standard InChI is InChI=1S/C24H32N4O4/c1-3-20(29)26-13-10-24(11-14-26)22(31)28(23(32)25-24)19-5-4-12-27(16-19)21(30)15-18-8-6-17(2)7-9-18/h6-9,19H,3-5,10-16H2,1-2H3,(H,25,32)/t19-/m1/s1. The second-order valence-electron chi connectivity index (χ2n) is 9.22. The Morgan fingerprint density at radius 2 is 1.72 bits per heavy atom. The van der Waals surface area contributed by atoms with Crippen LogP contribution >= 0.6 is 0 Å². The van der Waals surface area contributed by atoms with Crippen molar-refractivity contribution in [2.24, 2.45) is 0 Å². The van der Waals surface area contributed by atoms with Crippen LogP contribution in [0.5, 0.6) is 0 Å². The Hall–Kier alpha value is -2.90. The molecule has 3 saturated heterocycles. The third kappa shape index (κ3) is 4.23. The fraction of sp³-hybridized carbons (Fsp3) is 0.583. The molecule has 1 atom stereocenters. The molecule has 0 unspecified atom stereocenters. The largest absolute Gasteiger partial charge is 0.343 e. The quantitative estimate of drug-likeness (QED) is 0.724. The van der Waals surface area contributed by atoms with E-state index in [-0.39, 0.29) is 29.8 Å². The minimum Gasteiger partial charge on any atom is -0.343 e. The maximum absolute atomic E-state index is 13.4. The second-order valence-corrected chi connectivity index (χ2v) is 9.22. The number of carbonyl (C=O) groups is 4. The zero-order valence-electron chi connectivity index (χ0n) is 18.9. The van der Waals surface area contributed by atoms with E-state index >= 15 is 0 Å². The molecule has 0 aromatic heterocycles. The predicted octanol–water partition coefficient (Wildman–Crippen LogP) is 1.85. The van der Waals surface area contributed by atoms with E-state index < -0.39 is 5.54 Å². The molecule has 5 amide bonds. The van der Waals surface area contributed by atoms with E-state index in [2.05, 4.69) is 5.32 Å². The van der Waals surface area contributed by atoms with Crippen molar-refractivity contribution in [3.8, 4) is 0 Å². The number of aryl methyl sites for hydroxylation is 1. The first-order chi connectivity index (χ1) is 15.3. The molecule has 3 aliphatic heterocycles. The highest BCUT2D eigenvalue weighted by atomic mass is 16.2. The second kappa shape index (κ2) is 8.92. The van der Waals surface area contributed by atoms with Crippen LogP contribution in [-0.4, -0.2) is 76.2 Å². The van der Waals surface area contributed by atoms with Crippen molar-refractivity contribution in [1.29, 1.82) is 0 Å². The Labute approximate surface area is 188 Å². The van der Waals surface area contributed by atoms with Crippen LogP contribution in [-0.2, 0) is 20.8 Å². The molecular weight excluding hydrogens is 408 g/mol. The molecule has 172 valence electrons. The molecule has 4 rings (SSSR count). The third-order valence-electron chi connectivity index (χ3n) is 7.06. The summed E-state index contributed by atoms with van der Waals surface area (Å²) in [6.45, 7) is 5.80. The summed E-state index contributed by atoms with van der Waals surface area (Å²) in [4.78, 5) is 56.0. The highest BCUT2D eigenvalue weighted by Gasteiger charge is 2.54. The first kappa shape index (κ1) is 22.3. The zero-order valence-corrected chi connectivity index (χ0v) is 18.9. The van der Waals surface area contributed by atoms with Crippen LogP contribution < -0.4 is 5.32 Å². The summed E-state index contributed by atoms with van der Waals surface area (Å²) in [5.74, 6) is -0.112. The number of rotatable bonds is 4. The van der Waals surface area contributed by atoms with Crippen LogP contribution in [0.3, 0.4) is 0 Å². The Morgan fingerprint density at radius 1 is 1.03 bits per heavy atom. The molecule has 32 heavy (non-hydrogen) atoms. The summed E-state index contributed by atoms with van der Waals surface area (Å²) >= 11 is 0. The monoisotopic (exact) mass is 440 g/mol. The minimum atomic E-state index is -0.921. The van der Waals surface area contributed by atoms with E-state index in [1.807, 2.05) is 38.1 Å². The molecule has 1 aromatic carbocycles. The van der Waals surface area contributed by atoms with Crippen LogP contribution in [0.25, 0.3) is 0 Å². The van der Waals surface area contributed by atoms with Gasteiger partial charge in [-0.25, -0.2) is 4.79 Å². The Bertz CT molecular complexity index is 905. The van der Waals surface area contributed by atoms with Crippen LogP contribution in [0.2, 0.25) is 0 Å². The van der Waals surface area contributed by atoms with E-state index in [1.165, 1.54) is 4.90 Å². The molecule has 0 radical (unpaired) electrons. The average Bonchev–Trinajstić information content (AvgIpc) is 3.04. The molecule has 8 nitrogen and oxygen atoms in total. The highest BCUT2D eigenvalue weighted by Crippen LogP contribution is 2.32. The predicted molar refractivity (Wildman–Crippen MR) is 119 cm³/mol. The lowest BCUT2D eigenvalue weighted by molar-refractivity contribution is -0.141. The van der Waals surface area contributed by atoms with Gasteiger partial charge in [0.05, 0.1) is 12.5 Å². The Kier molecular flexibility index (Phi) is 6.22. The van der Waals surface area contributed by atoms with Gasteiger partial charge in [0.15, 0.2) is 0 Å². The Morgan fingerprint density at radius 3 is 2.38 bits per heavy atom. The molecular formula is C24H32N4O4. The van der Waals surface area contributed by atoms with E-state index in [0.29, 0.717) is 58.3 Å². The normalized spacial score (nSPS) is 22.9. The molecule has 0 saturated carbocycles. The van der Waals surface area contributed by atoms with Gasteiger partial charge in [-0.15, -0.1) is 0 Å². The van der Waals surface area contributed by atoms with Gasteiger partial charge in [-0.05, 0) is 38.2 Å². The van der Waals surface area contributed by atoms with Crippen molar-refractivity contribution >= 4 is 23.8 Å². The fourth-order valence-electron chi connectivity index (χ4n) is 5.06. The summed E-state index contributed by atoms with van der Waals surface area (Å²) in [6, 6.07) is 7.23. The van der Waals surface area contributed by atoms with E-state index in [0.717, 1.165) is 17.5 Å². The number of urea groups is 1. The SMILES string of the molecule is CCC(=O)N1CCC2(CC1)NC(=O)N([C@@H]1CCCN(C(=O)Cc3ccc(C)cc3)C1)C2=O. The van der Waals surface area contributed by atoms with Gasteiger partial charge in [0.1, 0.15) is 5.54 Å². The lowest BCUT2D eigenvalue weighted by atomic mass is 9.87. The number of amides is 5. The molecule has 1 spiro atoms. The van der Waals surface area contributed by atoms with Crippen molar-refractivity contribution in [2.45, 2.75) is 64.0 Å². The van der Waals surface area contributed by atoms with Crippen LogP contribution in [0.15, 0.2) is 24.3 Å². The summed E-state index contributed by atoms with van der Waals surface area (Å²) in [5, 5.41) is 2.93.